The van der Waals surface area contributed by atoms with Gasteiger partial charge in [0.15, 0.2) is 0 Å². The molecule has 0 spiro atoms. The average molecular weight is 370 g/mol. The van der Waals surface area contributed by atoms with E-state index in [9.17, 15) is 13.2 Å². The highest BCUT2D eigenvalue weighted by molar-refractivity contribution is 9.10. The van der Waals surface area contributed by atoms with Crippen molar-refractivity contribution in [3.63, 3.8) is 0 Å². The summed E-state index contributed by atoms with van der Waals surface area (Å²) in [5.41, 5.74) is 1.34. The topological polar surface area (TPSA) is 102 Å². The van der Waals surface area contributed by atoms with Crippen molar-refractivity contribution in [3.05, 3.63) is 52.3 Å². The van der Waals surface area contributed by atoms with Gasteiger partial charge in [-0.05, 0) is 58.7 Å². The van der Waals surface area contributed by atoms with Crippen LogP contribution in [0.1, 0.15) is 16.1 Å². The summed E-state index contributed by atoms with van der Waals surface area (Å²) in [4.78, 5) is 16.0. The number of primary sulfonamides is 1. The van der Waals surface area contributed by atoms with E-state index in [2.05, 4.69) is 26.2 Å². The van der Waals surface area contributed by atoms with Crippen LogP contribution in [-0.2, 0) is 10.0 Å². The lowest BCUT2D eigenvalue weighted by atomic mass is 10.2. The number of nitrogens with one attached hydrogen (secondary N) is 1. The summed E-state index contributed by atoms with van der Waals surface area (Å²) in [5, 5.41) is 7.72. The van der Waals surface area contributed by atoms with Gasteiger partial charge in [0.2, 0.25) is 10.0 Å². The molecule has 2 aromatic rings. The number of sulfonamides is 1. The lowest BCUT2D eigenvalue weighted by molar-refractivity contribution is 0.102. The number of carbonyl (C=O) groups excluding carboxylic acids is 1. The molecule has 0 aliphatic rings. The summed E-state index contributed by atoms with van der Waals surface area (Å²) in [5.74, 6) is -0.381. The van der Waals surface area contributed by atoms with Crippen LogP contribution in [0.4, 0.5) is 5.69 Å². The van der Waals surface area contributed by atoms with Gasteiger partial charge in [0.1, 0.15) is 5.69 Å². The molecule has 0 fully saturated rings. The molecule has 0 saturated heterocycles. The highest BCUT2D eigenvalue weighted by Gasteiger charge is 2.12. The van der Waals surface area contributed by atoms with Gasteiger partial charge in [-0.1, -0.05) is 0 Å². The molecule has 1 aromatic heterocycles. The van der Waals surface area contributed by atoms with E-state index in [-0.39, 0.29) is 16.5 Å². The minimum atomic E-state index is -3.76. The number of hydrogen-bond acceptors (Lipinski definition) is 4. The number of halogens is 1. The summed E-state index contributed by atoms with van der Waals surface area (Å²) >= 11 is 3.24. The Labute approximate surface area is 130 Å². The zero-order chi connectivity index (χ0) is 15.6. The summed E-state index contributed by atoms with van der Waals surface area (Å²) < 4.78 is 23.3. The maximum Gasteiger partial charge on any atom is 0.274 e. The zero-order valence-corrected chi connectivity index (χ0v) is 13.4. The third-order valence-electron chi connectivity index (χ3n) is 2.73. The molecule has 1 amide bonds. The van der Waals surface area contributed by atoms with Gasteiger partial charge in [-0.3, -0.25) is 4.79 Å². The Balaban J connectivity index is 2.24. The highest BCUT2D eigenvalue weighted by atomic mass is 79.9. The molecule has 2 rings (SSSR count). The number of benzene rings is 1. The molecule has 0 aliphatic carbocycles. The van der Waals surface area contributed by atoms with Crippen LogP contribution in [0.25, 0.3) is 0 Å². The molecule has 110 valence electrons. The number of nitrogens with zero attached hydrogens (tertiary/aromatic N) is 1. The molecule has 0 radical (unpaired) electrons. The van der Waals surface area contributed by atoms with Crippen LogP contribution in [0.2, 0.25) is 0 Å². The van der Waals surface area contributed by atoms with Crippen molar-refractivity contribution in [1.29, 1.82) is 0 Å². The Kier molecular flexibility index (Phi) is 4.40. The first-order valence-electron chi connectivity index (χ1n) is 5.84. The van der Waals surface area contributed by atoms with Crippen molar-refractivity contribution < 1.29 is 13.2 Å². The van der Waals surface area contributed by atoms with Crippen LogP contribution in [-0.4, -0.2) is 19.3 Å². The van der Waals surface area contributed by atoms with Gasteiger partial charge in [0.05, 0.1) is 4.90 Å². The number of carbonyl (C=O) groups is 1. The van der Waals surface area contributed by atoms with Crippen LogP contribution in [0, 0.1) is 6.92 Å². The molecule has 21 heavy (non-hydrogen) atoms. The minimum Gasteiger partial charge on any atom is -0.320 e. The van der Waals surface area contributed by atoms with E-state index in [0.29, 0.717) is 11.3 Å². The SMILES string of the molecule is Cc1cc(S(N)(=O)=O)ccc1NC(=O)c1ccc(Br)cn1. The van der Waals surface area contributed by atoms with Gasteiger partial charge < -0.3 is 5.32 Å². The third-order valence-corrected chi connectivity index (χ3v) is 4.11. The summed E-state index contributed by atoms with van der Waals surface area (Å²) in [6.45, 7) is 1.68. The first-order valence-corrected chi connectivity index (χ1v) is 8.17. The predicted molar refractivity (Wildman–Crippen MR) is 82.4 cm³/mol. The van der Waals surface area contributed by atoms with E-state index in [1.54, 1.807) is 19.1 Å². The molecule has 0 bridgehead atoms. The number of nitrogens with two attached hydrogens (primary N) is 1. The summed E-state index contributed by atoms with van der Waals surface area (Å²) in [7, 11) is -3.76. The minimum absolute atomic E-state index is 0.000217. The molecule has 0 unspecified atom stereocenters. The molecule has 6 nitrogen and oxygen atoms in total. The molecular formula is C13H12BrN3O3S. The van der Waals surface area contributed by atoms with E-state index >= 15 is 0 Å². The quantitative estimate of drug-likeness (QED) is 0.863. The molecular weight excluding hydrogens is 358 g/mol. The van der Waals surface area contributed by atoms with E-state index in [4.69, 9.17) is 5.14 Å². The van der Waals surface area contributed by atoms with Gasteiger partial charge in [-0.2, -0.15) is 0 Å². The molecule has 3 N–H and O–H groups in total. The number of rotatable bonds is 3. The summed E-state index contributed by atoms with van der Waals surface area (Å²) in [6, 6.07) is 7.52. The standard InChI is InChI=1S/C13H12BrN3O3S/c1-8-6-10(21(15,19)20)3-5-11(8)17-13(18)12-4-2-9(14)7-16-12/h2-7H,1H3,(H,17,18)(H2,15,19,20). The molecule has 1 aromatic carbocycles. The molecule has 0 atom stereocenters. The number of aromatic nitrogens is 1. The summed E-state index contributed by atoms with van der Waals surface area (Å²) in [6.07, 6.45) is 1.52. The van der Waals surface area contributed by atoms with Crippen LogP contribution >= 0.6 is 15.9 Å². The number of amides is 1. The maximum absolute atomic E-state index is 12.0. The smallest absolute Gasteiger partial charge is 0.274 e. The fourth-order valence-corrected chi connectivity index (χ4v) is 2.48. The normalized spacial score (nSPS) is 11.2. The first kappa shape index (κ1) is 15.6. The van der Waals surface area contributed by atoms with Crippen molar-refractivity contribution >= 4 is 37.5 Å². The maximum atomic E-state index is 12.0. The average Bonchev–Trinajstić information content (AvgIpc) is 2.40. The molecule has 0 aliphatic heterocycles. The van der Waals surface area contributed by atoms with Crippen LogP contribution in [0.3, 0.4) is 0 Å². The van der Waals surface area contributed by atoms with E-state index in [1.165, 1.54) is 24.4 Å². The third kappa shape index (κ3) is 3.87. The van der Waals surface area contributed by atoms with Crippen molar-refractivity contribution in [2.75, 3.05) is 5.32 Å². The second-order valence-electron chi connectivity index (χ2n) is 4.34. The fraction of sp³-hybridized carbons (Fsp3) is 0.0769. The highest BCUT2D eigenvalue weighted by Crippen LogP contribution is 2.19. The number of aryl methyl sites for hydroxylation is 1. The van der Waals surface area contributed by atoms with Crippen molar-refractivity contribution in [1.82, 2.24) is 4.98 Å². The van der Waals surface area contributed by atoms with Crippen molar-refractivity contribution in [3.8, 4) is 0 Å². The lowest BCUT2D eigenvalue weighted by Gasteiger charge is -2.09. The van der Waals surface area contributed by atoms with Crippen molar-refractivity contribution in [2.24, 2.45) is 5.14 Å². The molecule has 1 heterocycles. The van der Waals surface area contributed by atoms with Crippen LogP contribution < -0.4 is 10.5 Å². The van der Waals surface area contributed by atoms with Gasteiger partial charge in [0, 0.05) is 16.4 Å². The fourth-order valence-electron chi connectivity index (χ4n) is 1.65. The van der Waals surface area contributed by atoms with E-state index in [1.807, 2.05) is 0 Å². The lowest BCUT2D eigenvalue weighted by Crippen LogP contribution is -2.15. The Morgan fingerprint density at radius 1 is 1.29 bits per heavy atom. The Bertz CT molecular complexity index is 789. The van der Waals surface area contributed by atoms with Gasteiger partial charge in [0.25, 0.3) is 5.91 Å². The van der Waals surface area contributed by atoms with E-state index in [0.717, 1.165) is 4.47 Å². The Morgan fingerprint density at radius 2 is 2.00 bits per heavy atom. The van der Waals surface area contributed by atoms with E-state index < -0.39 is 10.0 Å². The zero-order valence-electron chi connectivity index (χ0n) is 11.0. The molecule has 0 saturated carbocycles. The monoisotopic (exact) mass is 369 g/mol. The largest absolute Gasteiger partial charge is 0.320 e. The Hall–Kier alpha value is -1.77. The second-order valence-corrected chi connectivity index (χ2v) is 6.81. The number of hydrogen-bond donors (Lipinski definition) is 2. The number of pyridine rings is 1. The first-order chi connectivity index (χ1) is 9.77. The Morgan fingerprint density at radius 3 is 2.52 bits per heavy atom. The van der Waals surface area contributed by atoms with Gasteiger partial charge >= 0.3 is 0 Å². The van der Waals surface area contributed by atoms with Crippen LogP contribution in [0.15, 0.2) is 45.9 Å². The van der Waals surface area contributed by atoms with Gasteiger partial charge in [-0.25, -0.2) is 18.5 Å². The molecule has 8 heteroatoms. The second kappa shape index (κ2) is 5.92. The van der Waals surface area contributed by atoms with Crippen LogP contribution in [0.5, 0.6) is 0 Å². The predicted octanol–water partition coefficient (Wildman–Crippen LogP) is 2.05. The number of anilines is 1. The van der Waals surface area contributed by atoms with Crippen molar-refractivity contribution in [2.45, 2.75) is 11.8 Å². The van der Waals surface area contributed by atoms with Gasteiger partial charge in [-0.15, -0.1) is 0 Å².